The number of carbonyl (C=O) groups excluding carboxylic acids is 1. The highest BCUT2D eigenvalue weighted by molar-refractivity contribution is 9.10. The van der Waals surface area contributed by atoms with E-state index in [1.807, 2.05) is 60.7 Å². The highest BCUT2D eigenvalue weighted by Crippen LogP contribution is 2.35. The minimum Gasteiger partial charge on any atom is -0.446 e. The molecule has 0 unspecified atom stereocenters. The first-order valence-electron chi connectivity index (χ1n) is 9.97. The van der Waals surface area contributed by atoms with Crippen molar-refractivity contribution in [1.29, 1.82) is 0 Å². The van der Waals surface area contributed by atoms with Crippen molar-refractivity contribution < 1.29 is 13.9 Å². The summed E-state index contributed by atoms with van der Waals surface area (Å²) in [6.45, 7) is 1.37. The van der Waals surface area contributed by atoms with Crippen molar-refractivity contribution in [3.8, 4) is 11.3 Å². The second-order valence-corrected chi connectivity index (χ2v) is 8.26. The first kappa shape index (κ1) is 20.3. The molecule has 2 heterocycles. The van der Waals surface area contributed by atoms with Crippen LogP contribution in [0.2, 0.25) is 0 Å². The summed E-state index contributed by atoms with van der Waals surface area (Å²) in [5, 5.41) is 6.43. The molecule has 1 aliphatic heterocycles. The van der Waals surface area contributed by atoms with Gasteiger partial charge in [-0.2, -0.15) is 5.01 Å². The molecule has 3 aromatic carbocycles. The van der Waals surface area contributed by atoms with Crippen LogP contribution in [0.4, 0.5) is 4.39 Å². The van der Waals surface area contributed by atoms with Gasteiger partial charge in [-0.3, -0.25) is 4.79 Å². The van der Waals surface area contributed by atoms with Crippen molar-refractivity contribution in [2.24, 2.45) is 5.10 Å². The number of hydrogen-bond donors (Lipinski definition) is 0. The molecule has 0 saturated heterocycles. The molecule has 1 atom stereocenters. The molecule has 7 heteroatoms. The summed E-state index contributed by atoms with van der Waals surface area (Å²) in [6.07, 6.45) is -1.01. The summed E-state index contributed by atoms with van der Waals surface area (Å²) < 4.78 is 21.4. The third kappa shape index (κ3) is 3.65. The van der Waals surface area contributed by atoms with Gasteiger partial charge in [0.1, 0.15) is 5.82 Å². The second kappa shape index (κ2) is 8.16. The zero-order valence-corrected chi connectivity index (χ0v) is 18.6. The smallest absolute Gasteiger partial charge is 0.243 e. The van der Waals surface area contributed by atoms with Gasteiger partial charge < -0.3 is 4.74 Å². The van der Waals surface area contributed by atoms with Gasteiger partial charge in [0, 0.05) is 27.9 Å². The number of para-hydroxylation sites is 1. The Morgan fingerprint density at radius 3 is 2.56 bits per heavy atom. The molecule has 0 saturated carbocycles. The summed E-state index contributed by atoms with van der Waals surface area (Å²) in [6, 6.07) is 23.8. The number of benzene rings is 3. The van der Waals surface area contributed by atoms with Crippen LogP contribution >= 0.6 is 15.9 Å². The van der Waals surface area contributed by atoms with E-state index in [4.69, 9.17) is 9.72 Å². The standard InChI is InChI=1S/C25H17BrFN3O2/c1-15(31)30-25(20-13-17(26)11-12-21(20)27)32-24(29-30)19-14-23(16-7-3-2-4-8-16)28-22-10-6-5-9-18(19)22/h2-14,25H,1H3/t25-/m1/s1. The molecule has 4 aromatic rings. The summed E-state index contributed by atoms with van der Waals surface area (Å²) in [5.41, 5.74) is 3.35. The molecule has 32 heavy (non-hydrogen) atoms. The fraction of sp³-hybridized carbons (Fsp3) is 0.0800. The minimum absolute atomic E-state index is 0.218. The van der Waals surface area contributed by atoms with E-state index in [0.29, 0.717) is 10.0 Å². The maximum absolute atomic E-state index is 14.6. The second-order valence-electron chi connectivity index (χ2n) is 7.34. The van der Waals surface area contributed by atoms with Crippen LogP contribution in [0, 0.1) is 5.82 Å². The van der Waals surface area contributed by atoms with Gasteiger partial charge >= 0.3 is 0 Å². The van der Waals surface area contributed by atoms with Gasteiger partial charge in [0.25, 0.3) is 0 Å². The molecule has 0 radical (unpaired) electrons. The predicted octanol–water partition coefficient (Wildman–Crippen LogP) is 6.04. The summed E-state index contributed by atoms with van der Waals surface area (Å²) in [7, 11) is 0. The number of halogens is 2. The quantitative estimate of drug-likeness (QED) is 0.352. The number of fused-ring (bicyclic) bond motifs is 1. The van der Waals surface area contributed by atoms with Gasteiger partial charge in [-0.1, -0.05) is 64.5 Å². The number of amides is 1. The van der Waals surface area contributed by atoms with Crippen LogP contribution in [0.1, 0.15) is 24.3 Å². The third-order valence-corrected chi connectivity index (χ3v) is 5.70. The van der Waals surface area contributed by atoms with Gasteiger partial charge in [-0.05, 0) is 30.3 Å². The van der Waals surface area contributed by atoms with Crippen LogP contribution in [-0.4, -0.2) is 21.8 Å². The van der Waals surface area contributed by atoms with Crippen LogP contribution in [-0.2, 0) is 9.53 Å². The highest BCUT2D eigenvalue weighted by atomic mass is 79.9. The highest BCUT2D eigenvalue weighted by Gasteiger charge is 2.35. The number of pyridine rings is 1. The van der Waals surface area contributed by atoms with E-state index in [1.165, 1.54) is 13.0 Å². The summed E-state index contributed by atoms with van der Waals surface area (Å²) >= 11 is 3.36. The first-order valence-corrected chi connectivity index (χ1v) is 10.8. The normalized spacial score (nSPS) is 15.5. The minimum atomic E-state index is -1.01. The topological polar surface area (TPSA) is 54.8 Å². The molecule has 1 aromatic heterocycles. The molecule has 0 N–H and O–H groups in total. The number of ether oxygens (including phenoxy) is 1. The van der Waals surface area contributed by atoms with E-state index >= 15 is 0 Å². The Balaban J connectivity index is 1.66. The molecule has 1 aliphatic rings. The monoisotopic (exact) mass is 489 g/mol. The van der Waals surface area contributed by atoms with Crippen LogP contribution in [0.25, 0.3) is 22.2 Å². The third-order valence-electron chi connectivity index (χ3n) is 5.21. The molecule has 1 amide bonds. The van der Waals surface area contributed by atoms with Crippen molar-refractivity contribution in [2.75, 3.05) is 0 Å². The Bertz CT molecular complexity index is 1370. The number of rotatable bonds is 3. The lowest BCUT2D eigenvalue weighted by molar-refractivity contribution is -0.135. The van der Waals surface area contributed by atoms with Crippen molar-refractivity contribution in [2.45, 2.75) is 13.2 Å². The molecule has 5 nitrogen and oxygen atoms in total. The molecule has 0 aliphatic carbocycles. The molecule has 158 valence electrons. The number of carbonyl (C=O) groups is 1. The lowest BCUT2D eigenvalue weighted by atomic mass is 10.0. The van der Waals surface area contributed by atoms with E-state index in [9.17, 15) is 9.18 Å². The van der Waals surface area contributed by atoms with Crippen molar-refractivity contribution in [3.63, 3.8) is 0 Å². The van der Waals surface area contributed by atoms with Gasteiger partial charge in [-0.25, -0.2) is 9.37 Å². The fourth-order valence-corrected chi connectivity index (χ4v) is 4.07. The van der Waals surface area contributed by atoms with Crippen LogP contribution in [0.15, 0.2) is 88.4 Å². The Morgan fingerprint density at radius 2 is 1.78 bits per heavy atom. The molecule has 0 spiro atoms. The lowest BCUT2D eigenvalue weighted by Crippen LogP contribution is -2.26. The maximum atomic E-state index is 14.6. The first-order chi connectivity index (χ1) is 15.5. The zero-order valence-electron chi connectivity index (χ0n) is 17.0. The average molecular weight is 490 g/mol. The number of nitrogens with zero attached hydrogens (tertiary/aromatic N) is 3. The summed E-state index contributed by atoms with van der Waals surface area (Å²) in [5.74, 6) is -0.600. The van der Waals surface area contributed by atoms with Gasteiger partial charge in [0.15, 0.2) is 0 Å². The SMILES string of the molecule is CC(=O)N1N=C(c2cc(-c3ccccc3)nc3ccccc23)O[C@@H]1c1cc(Br)ccc1F. The predicted molar refractivity (Wildman–Crippen MR) is 124 cm³/mol. The Morgan fingerprint density at radius 1 is 1.03 bits per heavy atom. The lowest BCUT2D eigenvalue weighted by Gasteiger charge is -2.20. The Kier molecular flexibility index (Phi) is 5.19. The van der Waals surface area contributed by atoms with Crippen LogP contribution < -0.4 is 0 Å². The van der Waals surface area contributed by atoms with E-state index in [0.717, 1.165) is 27.2 Å². The average Bonchev–Trinajstić information content (AvgIpc) is 3.26. The molecule has 5 rings (SSSR count). The largest absolute Gasteiger partial charge is 0.446 e. The van der Waals surface area contributed by atoms with E-state index in [1.54, 1.807) is 12.1 Å². The van der Waals surface area contributed by atoms with E-state index in [2.05, 4.69) is 21.0 Å². The van der Waals surface area contributed by atoms with E-state index in [-0.39, 0.29) is 17.4 Å². The molecule has 0 fully saturated rings. The van der Waals surface area contributed by atoms with Crippen molar-refractivity contribution in [1.82, 2.24) is 9.99 Å². The zero-order chi connectivity index (χ0) is 22.2. The molecule has 0 bridgehead atoms. The Hall–Kier alpha value is -3.58. The summed E-state index contributed by atoms with van der Waals surface area (Å²) in [4.78, 5) is 17.1. The van der Waals surface area contributed by atoms with E-state index < -0.39 is 12.0 Å². The molecular formula is C25H17BrFN3O2. The number of hydrazone groups is 1. The fourth-order valence-electron chi connectivity index (χ4n) is 3.69. The van der Waals surface area contributed by atoms with Gasteiger partial charge in [0.2, 0.25) is 18.0 Å². The van der Waals surface area contributed by atoms with Gasteiger partial charge in [0.05, 0.1) is 16.8 Å². The number of aromatic nitrogens is 1. The molecular weight excluding hydrogens is 473 g/mol. The Labute approximate surface area is 192 Å². The van der Waals surface area contributed by atoms with Crippen molar-refractivity contribution in [3.05, 3.63) is 100 Å². The number of hydrogen-bond acceptors (Lipinski definition) is 4. The van der Waals surface area contributed by atoms with Crippen LogP contribution in [0.5, 0.6) is 0 Å². The van der Waals surface area contributed by atoms with Gasteiger partial charge in [-0.15, -0.1) is 5.10 Å². The van der Waals surface area contributed by atoms with Crippen LogP contribution in [0.3, 0.4) is 0 Å². The van der Waals surface area contributed by atoms with Crippen molar-refractivity contribution >= 4 is 38.6 Å². The maximum Gasteiger partial charge on any atom is 0.243 e.